The lowest BCUT2D eigenvalue weighted by atomic mass is 10.0. The molecular weight excluding hydrogens is 441 g/mol. The molecule has 192 valence electrons. The van der Waals surface area contributed by atoms with Crippen LogP contribution in [0.1, 0.15) is 70.1 Å². The molecular formula is C28H42FN5O. The summed E-state index contributed by atoms with van der Waals surface area (Å²) in [6.45, 7) is 12.5. The summed E-state index contributed by atoms with van der Waals surface area (Å²) in [6, 6.07) is 6.64. The number of carbonyl (C=O) groups excluding carboxylic acids is 1. The van der Waals surface area contributed by atoms with Gasteiger partial charge in [-0.05, 0) is 50.4 Å². The maximum Gasteiger partial charge on any atom is 0.222 e. The number of halogens is 1. The van der Waals surface area contributed by atoms with E-state index in [1.54, 1.807) is 12.1 Å². The number of piperazine rings is 1. The van der Waals surface area contributed by atoms with Crippen LogP contribution < -0.4 is 4.90 Å². The number of benzene rings is 1. The van der Waals surface area contributed by atoms with E-state index in [9.17, 15) is 9.18 Å². The number of anilines is 1. The summed E-state index contributed by atoms with van der Waals surface area (Å²) < 4.78 is 16.0. The molecule has 6 nitrogen and oxygen atoms in total. The van der Waals surface area contributed by atoms with Crippen molar-refractivity contribution >= 4 is 11.7 Å². The van der Waals surface area contributed by atoms with Crippen LogP contribution in [0.3, 0.4) is 0 Å². The lowest BCUT2D eigenvalue weighted by Gasteiger charge is -2.36. The Labute approximate surface area is 210 Å². The van der Waals surface area contributed by atoms with Crippen LogP contribution in [0.5, 0.6) is 0 Å². The molecule has 4 rings (SSSR count). The first kappa shape index (κ1) is 25.7. The summed E-state index contributed by atoms with van der Waals surface area (Å²) in [4.78, 5) is 20.2. The largest absolute Gasteiger partial charge is 0.354 e. The van der Waals surface area contributed by atoms with Crippen LogP contribution in [-0.2, 0) is 11.3 Å². The molecule has 1 aromatic carbocycles. The fraction of sp³-hybridized carbons (Fsp3) is 0.643. The minimum absolute atomic E-state index is 0.249. The first-order valence-electron chi connectivity index (χ1n) is 13.6. The summed E-state index contributed by atoms with van der Waals surface area (Å²) in [5.74, 6) is 1.70. The first-order chi connectivity index (χ1) is 17.0. The number of rotatable bonds is 10. The van der Waals surface area contributed by atoms with Crippen molar-refractivity contribution in [3.05, 3.63) is 41.3 Å². The zero-order valence-electron chi connectivity index (χ0n) is 21.8. The molecule has 1 saturated heterocycles. The van der Waals surface area contributed by atoms with Crippen LogP contribution in [0.15, 0.2) is 24.3 Å². The Hall–Kier alpha value is -2.41. The van der Waals surface area contributed by atoms with Gasteiger partial charge in [0.15, 0.2) is 0 Å². The van der Waals surface area contributed by atoms with Gasteiger partial charge in [-0.1, -0.05) is 45.6 Å². The monoisotopic (exact) mass is 483 g/mol. The molecule has 1 aliphatic carbocycles. The standard InChI is InChI=1S/C28H42FN5O/c1-4-15-33(27(35)14-13-23-9-6-7-10-23)21-26-22(3)30-34(25-12-8-11-24(29)20-25)28(26)32-18-16-31(5-2)17-19-32/h8,11-12,20,23H,4-7,9-10,13-19,21H2,1-3H3. The lowest BCUT2D eigenvalue weighted by molar-refractivity contribution is -0.132. The second-order valence-electron chi connectivity index (χ2n) is 10.2. The molecule has 1 amide bonds. The third kappa shape index (κ3) is 6.24. The Kier molecular flexibility index (Phi) is 8.82. The highest BCUT2D eigenvalue weighted by atomic mass is 19.1. The number of hydrogen-bond donors (Lipinski definition) is 0. The summed E-state index contributed by atoms with van der Waals surface area (Å²) in [5, 5.41) is 4.87. The molecule has 35 heavy (non-hydrogen) atoms. The van der Waals surface area contributed by atoms with Crippen molar-refractivity contribution in [1.82, 2.24) is 19.6 Å². The molecule has 1 aliphatic heterocycles. The third-order valence-corrected chi connectivity index (χ3v) is 7.77. The number of nitrogens with zero attached hydrogens (tertiary/aromatic N) is 5. The molecule has 0 spiro atoms. The zero-order valence-corrected chi connectivity index (χ0v) is 21.8. The first-order valence-corrected chi connectivity index (χ1v) is 13.6. The maximum absolute atomic E-state index is 14.1. The number of hydrogen-bond acceptors (Lipinski definition) is 4. The van der Waals surface area contributed by atoms with Gasteiger partial charge < -0.3 is 14.7 Å². The predicted octanol–water partition coefficient (Wildman–Crippen LogP) is 5.17. The molecule has 2 aliphatic rings. The van der Waals surface area contributed by atoms with Crippen molar-refractivity contribution < 1.29 is 9.18 Å². The van der Waals surface area contributed by atoms with E-state index in [0.717, 1.165) is 74.9 Å². The molecule has 2 fully saturated rings. The van der Waals surface area contributed by atoms with E-state index in [1.165, 1.54) is 31.7 Å². The molecule has 1 saturated carbocycles. The number of aryl methyl sites for hydroxylation is 1. The van der Waals surface area contributed by atoms with Crippen molar-refractivity contribution in [3.63, 3.8) is 0 Å². The van der Waals surface area contributed by atoms with Gasteiger partial charge in [-0.25, -0.2) is 9.07 Å². The number of carbonyl (C=O) groups is 1. The van der Waals surface area contributed by atoms with Crippen LogP contribution in [0.2, 0.25) is 0 Å². The maximum atomic E-state index is 14.1. The fourth-order valence-electron chi connectivity index (χ4n) is 5.66. The highest BCUT2D eigenvalue weighted by molar-refractivity contribution is 5.76. The molecule has 0 unspecified atom stereocenters. The van der Waals surface area contributed by atoms with Gasteiger partial charge in [0.1, 0.15) is 11.6 Å². The van der Waals surface area contributed by atoms with E-state index in [2.05, 4.69) is 23.6 Å². The molecule has 0 radical (unpaired) electrons. The molecule has 1 aromatic heterocycles. The van der Waals surface area contributed by atoms with Gasteiger partial charge >= 0.3 is 0 Å². The minimum atomic E-state index is -0.270. The minimum Gasteiger partial charge on any atom is -0.354 e. The topological polar surface area (TPSA) is 44.6 Å². The Morgan fingerprint density at radius 1 is 1.14 bits per heavy atom. The van der Waals surface area contributed by atoms with Crippen molar-refractivity contribution in [1.29, 1.82) is 0 Å². The van der Waals surface area contributed by atoms with Crippen LogP contribution >= 0.6 is 0 Å². The third-order valence-electron chi connectivity index (χ3n) is 7.77. The van der Waals surface area contributed by atoms with E-state index < -0.39 is 0 Å². The number of likely N-dealkylation sites (N-methyl/N-ethyl adjacent to an activating group) is 1. The molecule has 2 aromatic rings. The van der Waals surface area contributed by atoms with Gasteiger partial charge in [-0.15, -0.1) is 0 Å². The second kappa shape index (κ2) is 12.0. The zero-order chi connectivity index (χ0) is 24.8. The van der Waals surface area contributed by atoms with Crippen LogP contribution in [0.4, 0.5) is 10.2 Å². The normalized spacial score (nSPS) is 17.3. The van der Waals surface area contributed by atoms with Crippen molar-refractivity contribution in [2.24, 2.45) is 5.92 Å². The highest BCUT2D eigenvalue weighted by Crippen LogP contribution is 2.31. The Morgan fingerprint density at radius 3 is 2.54 bits per heavy atom. The number of aromatic nitrogens is 2. The van der Waals surface area contributed by atoms with E-state index in [0.29, 0.717) is 18.9 Å². The Bertz CT molecular complexity index is 976. The number of amides is 1. The summed E-state index contributed by atoms with van der Waals surface area (Å²) in [6.07, 6.45) is 7.73. The molecule has 0 bridgehead atoms. The van der Waals surface area contributed by atoms with Gasteiger partial charge in [-0.2, -0.15) is 5.10 Å². The SMILES string of the molecule is CCCN(Cc1c(C)nn(-c2cccc(F)c2)c1N1CCN(CC)CC1)C(=O)CCC1CCCC1. The van der Waals surface area contributed by atoms with Gasteiger partial charge in [0.25, 0.3) is 0 Å². The van der Waals surface area contributed by atoms with E-state index in [1.807, 2.05) is 22.6 Å². The van der Waals surface area contributed by atoms with Crippen molar-refractivity contribution in [2.75, 3.05) is 44.2 Å². The lowest BCUT2D eigenvalue weighted by Crippen LogP contribution is -2.47. The average molecular weight is 484 g/mol. The molecule has 0 N–H and O–H groups in total. The molecule has 2 heterocycles. The van der Waals surface area contributed by atoms with E-state index in [-0.39, 0.29) is 11.7 Å². The molecule has 0 atom stereocenters. The summed E-state index contributed by atoms with van der Waals surface area (Å²) in [7, 11) is 0. The van der Waals surface area contributed by atoms with Gasteiger partial charge in [0.05, 0.1) is 17.9 Å². The summed E-state index contributed by atoms with van der Waals surface area (Å²) in [5.41, 5.74) is 2.72. The predicted molar refractivity (Wildman–Crippen MR) is 139 cm³/mol. The fourth-order valence-corrected chi connectivity index (χ4v) is 5.66. The van der Waals surface area contributed by atoms with E-state index >= 15 is 0 Å². The van der Waals surface area contributed by atoms with Gasteiger partial charge in [0.2, 0.25) is 5.91 Å². The summed E-state index contributed by atoms with van der Waals surface area (Å²) >= 11 is 0. The smallest absolute Gasteiger partial charge is 0.222 e. The quantitative estimate of drug-likeness (QED) is 0.468. The van der Waals surface area contributed by atoms with E-state index in [4.69, 9.17) is 5.10 Å². The average Bonchev–Trinajstić information content (AvgIpc) is 3.50. The van der Waals surface area contributed by atoms with Crippen molar-refractivity contribution in [2.45, 2.75) is 72.3 Å². The van der Waals surface area contributed by atoms with Crippen LogP contribution in [0.25, 0.3) is 5.69 Å². The van der Waals surface area contributed by atoms with Crippen LogP contribution in [0, 0.1) is 18.7 Å². The highest BCUT2D eigenvalue weighted by Gasteiger charge is 2.28. The van der Waals surface area contributed by atoms with Crippen molar-refractivity contribution in [3.8, 4) is 5.69 Å². The van der Waals surface area contributed by atoms with Gasteiger partial charge in [0, 0.05) is 44.7 Å². The Balaban J connectivity index is 1.62. The molecule has 7 heteroatoms. The van der Waals surface area contributed by atoms with Crippen LogP contribution in [-0.4, -0.2) is 64.8 Å². The Morgan fingerprint density at radius 2 is 1.89 bits per heavy atom. The van der Waals surface area contributed by atoms with Gasteiger partial charge in [-0.3, -0.25) is 4.79 Å². The second-order valence-corrected chi connectivity index (χ2v) is 10.2.